The molecule has 1 heterocycles. The highest BCUT2D eigenvalue weighted by molar-refractivity contribution is 5.89. The van der Waals surface area contributed by atoms with Crippen LogP contribution in [-0.2, 0) is 4.74 Å². The van der Waals surface area contributed by atoms with E-state index in [2.05, 4.69) is 0 Å². The molecule has 0 spiro atoms. The maximum absolute atomic E-state index is 11.9. The topological polar surface area (TPSA) is 31.2 Å². The SMILES string of the molecule is C.CC(C)(C)OC(=O)n1ccc2ccccc21. The third-order valence-electron chi connectivity index (χ3n) is 2.19. The zero-order chi connectivity index (χ0) is 11.8. The van der Waals surface area contributed by atoms with Crippen molar-refractivity contribution < 1.29 is 9.53 Å². The average Bonchev–Trinajstić information content (AvgIpc) is 2.58. The van der Waals surface area contributed by atoms with Gasteiger partial charge in [0.2, 0.25) is 0 Å². The van der Waals surface area contributed by atoms with E-state index in [-0.39, 0.29) is 13.5 Å². The van der Waals surface area contributed by atoms with E-state index in [1.165, 1.54) is 4.57 Å². The van der Waals surface area contributed by atoms with Crippen LogP contribution in [0.2, 0.25) is 0 Å². The molecule has 0 fully saturated rings. The number of fused-ring (bicyclic) bond motifs is 1. The first kappa shape index (κ1) is 13.3. The van der Waals surface area contributed by atoms with Crippen molar-refractivity contribution in [3.8, 4) is 0 Å². The number of hydrogen-bond donors (Lipinski definition) is 0. The second kappa shape index (κ2) is 4.62. The van der Waals surface area contributed by atoms with Crippen molar-refractivity contribution in [1.82, 2.24) is 4.57 Å². The summed E-state index contributed by atoms with van der Waals surface area (Å²) in [7, 11) is 0. The lowest BCUT2D eigenvalue weighted by molar-refractivity contribution is 0.0544. The minimum absolute atomic E-state index is 0. The Morgan fingerprint density at radius 2 is 1.82 bits per heavy atom. The third-order valence-corrected chi connectivity index (χ3v) is 2.19. The van der Waals surface area contributed by atoms with Crippen molar-refractivity contribution in [2.45, 2.75) is 33.8 Å². The first-order chi connectivity index (χ1) is 7.47. The summed E-state index contributed by atoms with van der Waals surface area (Å²) in [4.78, 5) is 11.9. The van der Waals surface area contributed by atoms with Crippen LogP contribution in [0.25, 0.3) is 10.9 Å². The fraction of sp³-hybridized carbons (Fsp3) is 0.357. The van der Waals surface area contributed by atoms with Gasteiger partial charge in [-0.1, -0.05) is 25.6 Å². The second-order valence-corrected chi connectivity index (χ2v) is 4.72. The van der Waals surface area contributed by atoms with E-state index in [9.17, 15) is 4.79 Å². The van der Waals surface area contributed by atoms with Crippen LogP contribution >= 0.6 is 0 Å². The molecule has 0 bridgehead atoms. The molecule has 0 atom stereocenters. The molecule has 2 rings (SSSR count). The van der Waals surface area contributed by atoms with Crippen molar-refractivity contribution >= 4 is 17.0 Å². The summed E-state index contributed by atoms with van der Waals surface area (Å²) in [6.45, 7) is 5.57. The largest absolute Gasteiger partial charge is 0.443 e. The van der Waals surface area contributed by atoms with E-state index >= 15 is 0 Å². The Morgan fingerprint density at radius 3 is 2.47 bits per heavy atom. The number of para-hydroxylation sites is 1. The van der Waals surface area contributed by atoms with Crippen LogP contribution in [0.1, 0.15) is 28.2 Å². The molecule has 0 N–H and O–H groups in total. The zero-order valence-corrected chi connectivity index (χ0v) is 9.73. The number of rotatable bonds is 0. The molecule has 0 saturated carbocycles. The Morgan fingerprint density at radius 1 is 1.18 bits per heavy atom. The quantitative estimate of drug-likeness (QED) is 0.687. The standard InChI is InChI=1S/C13H15NO2.CH4/c1-13(2,3)16-12(15)14-9-8-10-6-4-5-7-11(10)14;/h4-9H,1-3H3;1H4. The summed E-state index contributed by atoms with van der Waals surface area (Å²) in [5, 5.41) is 1.04. The fourth-order valence-electron chi connectivity index (χ4n) is 1.55. The molecule has 0 radical (unpaired) electrons. The van der Waals surface area contributed by atoms with Crippen LogP contribution in [0.4, 0.5) is 4.79 Å². The summed E-state index contributed by atoms with van der Waals surface area (Å²) in [5.74, 6) is 0. The minimum atomic E-state index is -0.470. The molecule has 0 aliphatic heterocycles. The van der Waals surface area contributed by atoms with Gasteiger partial charge < -0.3 is 4.74 Å². The molecule has 2 aromatic rings. The molecule has 0 saturated heterocycles. The van der Waals surface area contributed by atoms with Gasteiger partial charge >= 0.3 is 6.09 Å². The smallest absolute Gasteiger partial charge is 0.418 e. The first-order valence-corrected chi connectivity index (χ1v) is 5.27. The summed E-state index contributed by atoms with van der Waals surface area (Å²) < 4.78 is 6.84. The highest BCUT2D eigenvalue weighted by atomic mass is 16.6. The highest BCUT2D eigenvalue weighted by Crippen LogP contribution is 2.17. The van der Waals surface area contributed by atoms with Gasteiger partial charge in [0.25, 0.3) is 0 Å². The van der Waals surface area contributed by atoms with Crippen molar-refractivity contribution in [3.63, 3.8) is 0 Å². The Balaban J connectivity index is 0.00000144. The van der Waals surface area contributed by atoms with Gasteiger partial charge in [0, 0.05) is 11.6 Å². The molecule has 0 aliphatic rings. The number of aromatic nitrogens is 1. The summed E-state index contributed by atoms with van der Waals surface area (Å²) in [6.07, 6.45) is 1.40. The number of carbonyl (C=O) groups excluding carboxylic acids is 1. The van der Waals surface area contributed by atoms with Gasteiger partial charge in [0.1, 0.15) is 5.60 Å². The predicted octanol–water partition coefficient (Wildman–Crippen LogP) is 4.06. The molecule has 17 heavy (non-hydrogen) atoms. The number of carbonyl (C=O) groups is 1. The molecule has 1 aromatic heterocycles. The van der Waals surface area contributed by atoms with Crippen LogP contribution in [0.5, 0.6) is 0 Å². The molecule has 0 aliphatic carbocycles. The summed E-state index contributed by atoms with van der Waals surface area (Å²) in [5.41, 5.74) is 0.402. The van der Waals surface area contributed by atoms with Gasteiger partial charge in [-0.25, -0.2) is 4.79 Å². The Kier molecular flexibility index (Phi) is 3.61. The fourth-order valence-corrected chi connectivity index (χ4v) is 1.55. The van der Waals surface area contributed by atoms with Crippen molar-refractivity contribution in [1.29, 1.82) is 0 Å². The number of ether oxygens (including phenoxy) is 1. The first-order valence-electron chi connectivity index (χ1n) is 5.27. The lowest BCUT2D eigenvalue weighted by Gasteiger charge is -2.19. The van der Waals surface area contributed by atoms with Gasteiger partial charge in [0.15, 0.2) is 0 Å². The molecule has 1 aromatic carbocycles. The van der Waals surface area contributed by atoms with Gasteiger partial charge in [-0.05, 0) is 32.9 Å². The van der Waals surface area contributed by atoms with Crippen molar-refractivity contribution in [2.24, 2.45) is 0 Å². The van der Waals surface area contributed by atoms with E-state index in [4.69, 9.17) is 4.74 Å². The van der Waals surface area contributed by atoms with Crippen LogP contribution in [0, 0.1) is 0 Å². The lowest BCUT2D eigenvalue weighted by atomic mass is 10.2. The maximum Gasteiger partial charge on any atom is 0.418 e. The third kappa shape index (κ3) is 2.87. The molecule has 0 unspecified atom stereocenters. The van der Waals surface area contributed by atoms with E-state index in [0.717, 1.165) is 10.9 Å². The summed E-state index contributed by atoms with van der Waals surface area (Å²) >= 11 is 0. The normalized spacial score (nSPS) is 11.0. The summed E-state index contributed by atoms with van der Waals surface area (Å²) in [6, 6.07) is 9.62. The van der Waals surface area contributed by atoms with Crippen LogP contribution in [0.15, 0.2) is 36.5 Å². The van der Waals surface area contributed by atoms with E-state index < -0.39 is 5.60 Å². The van der Waals surface area contributed by atoms with Crippen molar-refractivity contribution in [2.75, 3.05) is 0 Å². The van der Waals surface area contributed by atoms with Gasteiger partial charge in [0.05, 0.1) is 5.52 Å². The minimum Gasteiger partial charge on any atom is -0.443 e. The number of benzene rings is 1. The zero-order valence-electron chi connectivity index (χ0n) is 9.73. The van der Waals surface area contributed by atoms with E-state index in [0.29, 0.717) is 0 Å². The number of hydrogen-bond acceptors (Lipinski definition) is 2. The van der Waals surface area contributed by atoms with Crippen LogP contribution in [0.3, 0.4) is 0 Å². The van der Waals surface area contributed by atoms with Gasteiger partial charge in [-0.3, -0.25) is 4.57 Å². The Hall–Kier alpha value is -1.77. The molecular weight excluding hydrogens is 214 g/mol. The Bertz CT molecular complexity index is 520. The van der Waals surface area contributed by atoms with E-state index in [1.54, 1.807) is 6.20 Å². The molecule has 3 heteroatoms. The Labute approximate surface area is 102 Å². The molecule has 92 valence electrons. The average molecular weight is 233 g/mol. The monoisotopic (exact) mass is 233 g/mol. The number of nitrogens with zero attached hydrogens (tertiary/aromatic N) is 1. The maximum atomic E-state index is 11.9. The van der Waals surface area contributed by atoms with Gasteiger partial charge in [-0.2, -0.15) is 0 Å². The molecule has 3 nitrogen and oxygen atoms in total. The lowest BCUT2D eigenvalue weighted by Crippen LogP contribution is -2.26. The van der Waals surface area contributed by atoms with Crippen LogP contribution in [-0.4, -0.2) is 16.3 Å². The van der Waals surface area contributed by atoms with Gasteiger partial charge in [-0.15, -0.1) is 0 Å². The van der Waals surface area contributed by atoms with Crippen molar-refractivity contribution in [3.05, 3.63) is 36.5 Å². The molecule has 0 amide bonds. The second-order valence-electron chi connectivity index (χ2n) is 4.72. The van der Waals surface area contributed by atoms with E-state index in [1.807, 2.05) is 51.1 Å². The predicted molar refractivity (Wildman–Crippen MR) is 70.3 cm³/mol. The van der Waals surface area contributed by atoms with Crippen LogP contribution < -0.4 is 0 Å². The molecular formula is C14H19NO2. The highest BCUT2D eigenvalue weighted by Gasteiger charge is 2.18.